The molecular formula is C8H20OSi. The van der Waals surface area contributed by atoms with Crippen molar-refractivity contribution in [1.29, 1.82) is 0 Å². The van der Waals surface area contributed by atoms with Gasteiger partial charge in [-0.2, -0.15) is 0 Å². The fourth-order valence-electron chi connectivity index (χ4n) is 1.59. The van der Waals surface area contributed by atoms with Gasteiger partial charge in [-0.25, -0.2) is 0 Å². The third-order valence-electron chi connectivity index (χ3n) is 2.66. The first-order valence-electron chi connectivity index (χ1n) is 4.18. The summed E-state index contributed by atoms with van der Waals surface area (Å²) >= 11 is 0. The first kappa shape index (κ1) is 10.2. The van der Waals surface area contributed by atoms with Crippen molar-refractivity contribution >= 4 is 8.32 Å². The second-order valence-corrected chi connectivity index (χ2v) is 8.24. The monoisotopic (exact) mass is 160 g/mol. The van der Waals surface area contributed by atoms with Crippen molar-refractivity contribution in [3.63, 3.8) is 0 Å². The molecule has 0 spiro atoms. The molecule has 1 nitrogen and oxygen atoms in total. The second-order valence-electron chi connectivity index (χ2n) is 3.13. The Bertz CT molecular complexity index is 79.0. The lowest BCUT2D eigenvalue weighted by Gasteiger charge is -2.31. The van der Waals surface area contributed by atoms with Crippen LogP contribution in [0.5, 0.6) is 0 Å². The van der Waals surface area contributed by atoms with Crippen LogP contribution >= 0.6 is 0 Å². The van der Waals surface area contributed by atoms with Gasteiger partial charge in [0.15, 0.2) is 8.32 Å². The Morgan fingerprint density at radius 1 is 1.20 bits per heavy atom. The van der Waals surface area contributed by atoms with Crippen LogP contribution in [-0.2, 0) is 4.43 Å². The molecular weight excluding hydrogens is 140 g/mol. The Morgan fingerprint density at radius 2 is 1.60 bits per heavy atom. The van der Waals surface area contributed by atoms with Crippen LogP contribution in [-0.4, -0.2) is 15.4 Å². The van der Waals surface area contributed by atoms with Crippen LogP contribution in [0.15, 0.2) is 0 Å². The van der Waals surface area contributed by atoms with E-state index in [-0.39, 0.29) is 0 Å². The van der Waals surface area contributed by atoms with Crippen LogP contribution in [0.4, 0.5) is 0 Å². The standard InChI is InChI=1S/C8H20OSi/c1-6-10(7-2,9-5)8(3)4/h8H,6-7H2,1-5H3. The van der Waals surface area contributed by atoms with E-state index in [1.165, 1.54) is 12.1 Å². The van der Waals surface area contributed by atoms with Gasteiger partial charge in [0.2, 0.25) is 0 Å². The van der Waals surface area contributed by atoms with Crippen molar-refractivity contribution in [2.75, 3.05) is 7.11 Å². The average molecular weight is 160 g/mol. The zero-order chi connectivity index (χ0) is 8.20. The van der Waals surface area contributed by atoms with E-state index in [2.05, 4.69) is 27.7 Å². The van der Waals surface area contributed by atoms with Gasteiger partial charge in [-0.3, -0.25) is 0 Å². The summed E-state index contributed by atoms with van der Waals surface area (Å²) in [6.45, 7) is 9.06. The van der Waals surface area contributed by atoms with E-state index < -0.39 is 8.32 Å². The van der Waals surface area contributed by atoms with Gasteiger partial charge in [-0.15, -0.1) is 0 Å². The molecule has 0 unspecified atom stereocenters. The Balaban J connectivity index is 4.15. The van der Waals surface area contributed by atoms with E-state index >= 15 is 0 Å². The van der Waals surface area contributed by atoms with Gasteiger partial charge >= 0.3 is 0 Å². The molecule has 0 aliphatic carbocycles. The van der Waals surface area contributed by atoms with E-state index in [4.69, 9.17) is 4.43 Å². The van der Waals surface area contributed by atoms with Crippen LogP contribution in [0.1, 0.15) is 27.7 Å². The van der Waals surface area contributed by atoms with Crippen molar-refractivity contribution in [2.45, 2.75) is 45.3 Å². The van der Waals surface area contributed by atoms with Gasteiger partial charge in [0.05, 0.1) is 0 Å². The van der Waals surface area contributed by atoms with Crippen molar-refractivity contribution in [1.82, 2.24) is 0 Å². The van der Waals surface area contributed by atoms with E-state index in [1.807, 2.05) is 7.11 Å². The van der Waals surface area contributed by atoms with Crippen LogP contribution in [0, 0.1) is 0 Å². The Morgan fingerprint density at radius 3 is 1.60 bits per heavy atom. The van der Waals surface area contributed by atoms with Crippen molar-refractivity contribution < 1.29 is 4.43 Å². The highest BCUT2D eigenvalue weighted by atomic mass is 28.4. The highest BCUT2D eigenvalue weighted by Crippen LogP contribution is 2.28. The maximum atomic E-state index is 5.64. The summed E-state index contributed by atoms with van der Waals surface area (Å²) in [6.07, 6.45) is 0. The fourth-order valence-corrected chi connectivity index (χ4v) is 4.77. The predicted molar refractivity (Wildman–Crippen MR) is 48.8 cm³/mol. The lowest BCUT2D eigenvalue weighted by Crippen LogP contribution is -2.38. The van der Waals surface area contributed by atoms with Crippen LogP contribution in [0.3, 0.4) is 0 Å². The molecule has 0 bridgehead atoms. The largest absolute Gasteiger partial charge is 0.420 e. The lowest BCUT2D eigenvalue weighted by atomic mass is 10.6. The molecule has 0 amide bonds. The van der Waals surface area contributed by atoms with Gasteiger partial charge in [-0.1, -0.05) is 27.7 Å². The van der Waals surface area contributed by atoms with Crippen LogP contribution < -0.4 is 0 Å². The molecule has 0 saturated carbocycles. The number of rotatable bonds is 4. The molecule has 0 aliphatic heterocycles. The summed E-state index contributed by atoms with van der Waals surface area (Å²) in [7, 11) is 0.579. The fraction of sp³-hybridized carbons (Fsp3) is 1.00. The molecule has 0 fully saturated rings. The SMILES string of the molecule is CC[Si](CC)(OC)C(C)C. The molecule has 0 aliphatic rings. The van der Waals surface area contributed by atoms with Gasteiger partial charge in [0, 0.05) is 7.11 Å². The number of hydrogen-bond acceptors (Lipinski definition) is 1. The molecule has 0 N–H and O–H groups in total. The minimum absolute atomic E-state index is 0.757. The van der Waals surface area contributed by atoms with E-state index in [0.29, 0.717) is 0 Å². The number of hydrogen-bond donors (Lipinski definition) is 0. The Kier molecular flexibility index (Phi) is 4.21. The normalized spacial score (nSPS) is 12.6. The zero-order valence-electron chi connectivity index (χ0n) is 7.90. The minimum atomic E-state index is -1.29. The van der Waals surface area contributed by atoms with Gasteiger partial charge in [0.25, 0.3) is 0 Å². The first-order chi connectivity index (χ1) is 4.63. The van der Waals surface area contributed by atoms with Crippen LogP contribution in [0.2, 0.25) is 17.6 Å². The van der Waals surface area contributed by atoms with Crippen molar-refractivity contribution in [2.24, 2.45) is 0 Å². The first-order valence-corrected chi connectivity index (χ1v) is 6.58. The molecule has 0 rings (SSSR count). The minimum Gasteiger partial charge on any atom is -0.420 e. The van der Waals surface area contributed by atoms with E-state index in [9.17, 15) is 0 Å². The molecule has 0 aromatic heterocycles. The van der Waals surface area contributed by atoms with Gasteiger partial charge in [0.1, 0.15) is 0 Å². The maximum absolute atomic E-state index is 5.64. The summed E-state index contributed by atoms with van der Waals surface area (Å²) in [6, 6.07) is 2.50. The van der Waals surface area contributed by atoms with Crippen molar-refractivity contribution in [3.05, 3.63) is 0 Å². The summed E-state index contributed by atoms with van der Waals surface area (Å²) in [4.78, 5) is 0. The molecule has 0 saturated heterocycles. The molecule has 0 atom stereocenters. The lowest BCUT2D eigenvalue weighted by molar-refractivity contribution is 0.382. The van der Waals surface area contributed by atoms with Gasteiger partial charge < -0.3 is 4.43 Å². The van der Waals surface area contributed by atoms with E-state index in [1.54, 1.807) is 0 Å². The third-order valence-corrected chi connectivity index (χ3v) is 7.97. The highest BCUT2D eigenvalue weighted by molar-refractivity contribution is 6.74. The van der Waals surface area contributed by atoms with Gasteiger partial charge in [-0.05, 0) is 17.6 Å². The van der Waals surface area contributed by atoms with Crippen molar-refractivity contribution in [3.8, 4) is 0 Å². The Labute approximate surface area is 65.9 Å². The molecule has 0 radical (unpaired) electrons. The third kappa shape index (κ3) is 1.83. The quantitative estimate of drug-likeness (QED) is 0.574. The highest BCUT2D eigenvalue weighted by Gasteiger charge is 2.33. The summed E-state index contributed by atoms with van der Waals surface area (Å²) in [5, 5.41) is 0. The Hall–Kier alpha value is 0.177. The topological polar surface area (TPSA) is 9.23 Å². The maximum Gasteiger partial charge on any atom is 0.194 e. The van der Waals surface area contributed by atoms with Crippen LogP contribution in [0.25, 0.3) is 0 Å². The predicted octanol–water partition coefficient (Wildman–Crippen LogP) is 3.03. The summed E-state index contributed by atoms with van der Waals surface area (Å²) < 4.78 is 5.64. The molecule has 2 heteroatoms. The zero-order valence-corrected chi connectivity index (χ0v) is 8.90. The second kappa shape index (κ2) is 4.14. The molecule has 0 aromatic rings. The molecule has 62 valence electrons. The average Bonchev–Trinajstić information content (AvgIpc) is 1.92. The molecule has 0 heterocycles. The molecule has 10 heavy (non-hydrogen) atoms. The molecule has 0 aromatic carbocycles. The van der Waals surface area contributed by atoms with E-state index in [0.717, 1.165) is 5.54 Å². The smallest absolute Gasteiger partial charge is 0.194 e. The summed E-state index contributed by atoms with van der Waals surface area (Å²) in [5.74, 6) is 0. The summed E-state index contributed by atoms with van der Waals surface area (Å²) in [5.41, 5.74) is 0.757.